The number of benzene rings is 1. The molecule has 0 fully saturated rings. The summed E-state index contributed by atoms with van der Waals surface area (Å²) < 4.78 is 5.53. The summed E-state index contributed by atoms with van der Waals surface area (Å²) in [5, 5.41) is 3.28. The van der Waals surface area contributed by atoms with Crippen molar-refractivity contribution >= 4 is 17.5 Å². The predicted octanol–water partition coefficient (Wildman–Crippen LogP) is 1.40. The average molecular weight is 281 g/mol. The fourth-order valence-corrected chi connectivity index (χ4v) is 1.51. The molecule has 0 aliphatic carbocycles. The zero-order valence-corrected chi connectivity index (χ0v) is 11.6. The fourth-order valence-electron chi connectivity index (χ4n) is 1.38. The number of nitrogens with zero attached hydrogens (tertiary/aromatic N) is 1. The Kier molecular flexibility index (Phi) is 6.80. The van der Waals surface area contributed by atoms with Crippen LogP contribution >= 0.6 is 11.6 Å². The van der Waals surface area contributed by atoms with E-state index in [2.05, 4.69) is 11.2 Å². The molecule has 4 nitrogen and oxygen atoms in total. The van der Waals surface area contributed by atoms with Crippen LogP contribution < -0.4 is 10.1 Å². The molecular formula is C14H17ClN2O2. The smallest absolute Gasteiger partial charge is 0.234 e. The summed E-state index contributed by atoms with van der Waals surface area (Å²) in [7, 11) is 1.85. The highest BCUT2D eigenvalue weighted by Crippen LogP contribution is 2.15. The quantitative estimate of drug-likeness (QED) is 0.768. The molecule has 1 rings (SSSR count). The normalized spacial score (nSPS) is 10.0. The van der Waals surface area contributed by atoms with Crippen LogP contribution in [0.15, 0.2) is 24.3 Å². The van der Waals surface area contributed by atoms with Crippen molar-refractivity contribution in [3.8, 4) is 18.1 Å². The number of amides is 1. The van der Waals surface area contributed by atoms with Crippen LogP contribution in [0.4, 0.5) is 0 Å². The molecule has 0 radical (unpaired) electrons. The van der Waals surface area contributed by atoms with Gasteiger partial charge >= 0.3 is 0 Å². The number of carbonyl (C=O) groups is 1. The lowest BCUT2D eigenvalue weighted by molar-refractivity contribution is -0.121. The molecule has 1 aromatic rings. The summed E-state index contributed by atoms with van der Waals surface area (Å²) >= 11 is 5.77. The van der Waals surface area contributed by atoms with Gasteiger partial charge in [-0.3, -0.25) is 9.69 Å². The number of likely N-dealkylation sites (N-methyl/N-ethyl adjacent to an activating group) is 1. The largest absolute Gasteiger partial charge is 0.492 e. The van der Waals surface area contributed by atoms with Gasteiger partial charge in [-0.05, 0) is 31.3 Å². The number of ether oxygens (including phenoxy) is 1. The van der Waals surface area contributed by atoms with Gasteiger partial charge in [0.15, 0.2) is 0 Å². The molecule has 0 aromatic heterocycles. The molecule has 1 N–H and O–H groups in total. The second-order valence-corrected chi connectivity index (χ2v) is 4.46. The molecule has 0 bridgehead atoms. The Bertz CT molecular complexity index is 440. The van der Waals surface area contributed by atoms with E-state index < -0.39 is 0 Å². The van der Waals surface area contributed by atoms with E-state index >= 15 is 0 Å². The van der Waals surface area contributed by atoms with Crippen molar-refractivity contribution in [2.75, 3.05) is 33.3 Å². The molecule has 0 spiro atoms. The molecule has 1 aromatic carbocycles. The van der Waals surface area contributed by atoms with E-state index in [0.717, 1.165) is 5.75 Å². The van der Waals surface area contributed by atoms with E-state index in [-0.39, 0.29) is 12.5 Å². The van der Waals surface area contributed by atoms with E-state index in [4.69, 9.17) is 22.8 Å². The second kappa shape index (κ2) is 8.41. The van der Waals surface area contributed by atoms with Crippen LogP contribution in [-0.4, -0.2) is 44.1 Å². The molecule has 102 valence electrons. The molecule has 19 heavy (non-hydrogen) atoms. The maximum atomic E-state index is 11.4. The Morgan fingerprint density at radius 3 is 2.79 bits per heavy atom. The van der Waals surface area contributed by atoms with Gasteiger partial charge in [-0.15, -0.1) is 6.42 Å². The van der Waals surface area contributed by atoms with Gasteiger partial charge in [0.25, 0.3) is 0 Å². The first-order chi connectivity index (χ1) is 9.11. The van der Waals surface area contributed by atoms with Crippen LogP contribution in [0, 0.1) is 12.3 Å². The van der Waals surface area contributed by atoms with E-state index in [1.165, 1.54) is 0 Å². The number of nitrogens with one attached hydrogen (secondary N) is 1. The van der Waals surface area contributed by atoms with Crippen LogP contribution in [0.3, 0.4) is 0 Å². The zero-order valence-electron chi connectivity index (χ0n) is 10.9. The Morgan fingerprint density at radius 2 is 2.16 bits per heavy atom. The standard InChI is InChI=1S/C14H17ClN2O2/c1-3-8-16-14(18)11-17(2)9-10-19-13-6-4-12(15)5-7-13/h1,4-7H,8-11H2,2H3,(H,16,18). The predicted molar refractivity (Wildman–Crippen MR) is 76.3 cm³/mol. The lowest BCUT2D eigenvalue weighted by atomic mass is 10.3. The number of carbonyl (C=O) groups excluding carboxylic acids is 1. The van der Waals surface area contributed by atoms with Gasteiger partial charge in [-0.25, -0.2) is 0 Å². The van der Waals surface area contributed by atoms with Crippen LogP contribution in [0.2, 0.25) is 5.02 Å². The van der Waals surface area contributed by atoms with E-state index in [9.17, 15) is 4.79 Å². The summed E-state index contributed by atoms with van der Waals surface area (Å²) in [6.45, 7) is 1.70. The monoisotopic (exact) mass is 280 g/mol. The highest BCUT2D eigenvalue weighted by molar-refractivity contribution is 6.30. The van der Waals surface area contributed by atoms with Crippen molar-refractivity contribution in [2.45, 2.75) is 0 Å². The van der Waals surface area contributed by atoms with Gasteiger partial charge in [-0.2, -0.15) is 0 Å². The van der Waals surface area contributed by atoms with E-state index in [1.807, 2.05) is 24.1 Å². The summed E-state index contributed by atoms with van der Waals surface area (Å²) in [5.41, 5.74) is 0. The van der Waals surface area contributed by atoms with Crippen molar-refractivity contribution in [3.63, 3.8) is 0 Å². The first kappa shape index (κ1) is 15.4. The molecule has 1 amide bonds. The topological polar surface area (TPSA) is 41.6 Å². The van der Waals surface area contributed by atoms with Crippen LogP contribution in [0.1, 0.15) is 0 Å². The van der Waals surface area contributed by atoms with Gasteiger partial charge < -0.3 is 10.1 Å². The number of terminal acetylenes is 1. The van der Waals surface area contributed by atoms with Gasteiger partial charge in [0.2, 0.25) is 5.91 Å². The number of halogens is 1. The molecule has 0 unspecified atom stereocenters. The van der Waals surface area contributed by atoms with Crippen LogP contribution in [-0.2, 0) is 4.79 Å². The third-order valence-corrected chi connectivity index (χ3v) is 2.61. The Balaban J connectivity index is 2.20. The maximum absolute atomic E-state index is 11.4. The van der Waals surface area contributed by atoms with Crippen molar-refractivity contribution in [3.05, 3.63) is 29.3 Å². The van der Waals surface area contributed by atoms with E-state index in [0.29, 0.717) is 24.7 Å². The van der Waals surface area contributed by atoms with Gasteiger partial charge in [0.05, 0.1) is 13.1 Å². The second-order valence-electron chi connectivity index (χ2n) is 4.02. The summed E-state index contributed by atoms with van der Waals surface area (Å²) in [5.74, 6) is 3.02. The van der Waals surface area contributed by atoms with Crippen molar-refractivity contribution in [1.82, 2.24) is 10.2 Å². The van der Waals surface area contributed by atoms with E-state index in [1.54, 1.807) is 12.1 Å². The van der Waals surface area contributed by atoms with Crippen molar-refractivity contribution in [2.24, 2.45) is 0 Å². The molecule has 0 saturated heterocycles. The molecule has 0 saturated carbocycles. The van der Waals surface area contributed by atoms with Gasteiger partial charge in [0.1, 0.15) is 12.4 Å². The Hall–Kier alpha value is -1.70. The van der Waals surface area contributed by atoms with Crippen molar-refractivity contribution in [1.29, 1.82) is 0 Å². The minimum Gasteiger partial charge on any atom is -0.492 e. The third-order valence-electron chi connectivity index (χ3n) is 2.36. The maximum Gasteiger partial charge on any atom is 0.234 e. The number of hydrogen-bond acceptors (Lipinski definition) is 3. The number of hydrogen-bond donors (Lipinski definition) is 1. The summed E-state index contributed by atoms with van der Waals surface area (Å²) in [4.78, 5) is 13.2. The highest BCUT2D eigenvalue weighted by atomic mass is 35.5. The average Bonchev–Trinajstić information content (AvgIpc) is 2.38. The Labute approximate surface area is 118 Å². The number of rotatable bonds is 7. The highest BCUT2D eigenvalue weighted by Gasteiger charge is 2.05. The zero-order chi connectivity index (χ0) is 14.1. The molecule has 5 heteroatoms. The third kappa shape index (κ3) is 6.70. The molecule has 0 atom stereocenters. The summed E-state index contributed by atoms with van der Waals surface area (Å²) in [6, 6.07) is 7.16. The lowest BCUT2D eigenvalue weighted by Gasteiger charge is -2.16. The minimum atomic E-state index is -0.0908. The van der Waals surface area contributed by atoms with Crippen LogP contribution in [0.5, 0.6) is 5.75 Å². The first-order valence-corrected chi connectivity index (χ1v) is 6.26. The SMILES string of the molecule is C#CCNC(=O)CN(C)CCOc1ccc(Cl)cc1. The van der Waals surface area contributed by atoms with Gasteiger partial charge in [0, 0.05) is 11.6 Å². The van der Waals surface area contributed by atoms with Crippen LogP contribution in [0.25, 0.3) is 0 Å². The van der Waals surface area contributed by atoms with Gasteiger partial charge in [-0.1, -0.05) is 17.5 Å². The first-order valence-electron chi connectivity index (χ1n) is 5.89. The fraction of sp³-hybridized carbons (Fsp3) is 0.357. The Morgan fingerprint density at radius 1 is 1.47 bits per heavy atom. The lowest BCUT2D eigenvalue weighted by Crippen LogP contribution is -2.37. The molecule has 0 heterocycles. The van der Waals surface area contributed by atoms with Crippen molar-refractivity contribution < 1.29 is 9.53 Å². The molecule has 0 aliphatic heterocycles. The molecule has 0 aliphatic rings. The summed E-state index contributed by atoms with van der Waals surface area (Å²) in [6.07, 6.45) is 5.06. The molecular weight excluding hydrogens is 264 g/mol. The minimum absolute atomic E-state index is 0.0908.